The topological polar surface area (TPSA) is 54.5 Å². The lowest BCUT2D eigenvalue weighted by atomic mass is 10.1. The Labute approximate surface area is 136 Å². The van der Waals surface area contributed by atoms with E-state index < -0.39 is 9.84 Å². The van der Waals surface area contributed by atoms with Gasteiger partial charge in [-0.05, 0) is 35.4 Å². The normalized spacial score (nSPS) is 14.4. The van der Waals surface area contributed by atoms with Crippen molar-refractivity contribution in [1.82, 2.24) is 4.90 Å². The van der Waals surface area contributed by atoms with Crippen LogP contribution in [0, 0.1) is 0 Å². The Morgan fingerprint density at radius 2 is 1.61 bits per heavy atom. The highest BCUT2D eigenvalue weighted by molar-refractivity contribution is 7.90. The number of nitrogens with zero attached hydrogens (tertiary/aromatic N) is 1. The van der Waals surface area contributed by atoms with Gasteiger partial charge < -0.3 is 4.90 Å². The standard InChI is InChI=1S/C18H17NO3S/c1-14-11-19(12-14)18(20)16-7-9-17(10-8-16)23(21,22)13-15-5-3-2-4-6-15/h2-10H,1,11-13H2. The second kappa shape index (κ2) is 6.01. The summed E-state index contributed by atoms with van der Waals surface area (Å²) in [5.41, 5.74) is 2.27. The number of sulfone groups is 1. The quantitative estimate of drug-likeness (QED) is 0.811. The molecule has 0 atom stereocenters. The smallest absolute Gasteiger partial charge is 0.254 e. The van der Waals surface area contributed by atoms with Crippen molar-refractivity contribution in [3.05, 3.63) is 77.9 Å². The van der Waals surface area contributed by atoms with Gasteiger partial charge in [-0.3, -0.25) is 4.79 Å². The average Bonchev–Trinajstić information content (AvgIpc) is 2.52. The van der Waals surface area contributed by atoms with Crippen molar-refractivity contribution in [2.24, 2.45) is 0 Å². The van der Waals surface area contributed by atoms with Gasteiger partial charge in [0.05, 0.1) is 10.6 Å². The molecule has 4 nitrogen and oxygen atoms in total. The van der Waals surface area contributed by atoms with Crippen molar-refractivity contribution in [2.45, 2.75) is 10.6 Å². The highest BCUT2D eigenvalue weighted by Crippen LogP contribution is 2.20. The van der Waals surface area contributed by atoms with E-state index in [2.05, 4.69) is 6.58 Å². The van der Waals surface area contributed by atoms with Crippen LogP contribution in [0.5, 0.6) is 0 Å². The van der Waals surface area contributed by atoms with E-state index >= 15 is 0 Å². The van der Waals surface area contributed by atoms with Gasteiger partial charge in [-0.1, -0.05) is 36.9 Å². The number of carbonyl (C=O) groups excluding carboxylic acids is 1. The second-order valence-electron chi connectivity index (χ2n) is 5.68. The molecule has 0 unspecified atom stereocenters. The molecule has 118 valence electrons. The lowest BCUT2D eigenvalue weighted by Gasteiger charge is -2.33. The summed E-state index contributed by atoms with van der Waals surface area (Å²) in [6, 6.07) is 15.2. The third-order valence-electron chi connectivity index (χ3n) is 3.78. The molecule has 0 aliphatic carbocycles. The van der Waals surface area contributed by atoms with Crippen molar-refractivity contribution in [1.29, 1.82) is 0 Å². The molecular weight excluding hydrogens is 310 g/mol. The molecule has 1 saturated heterocycles. The number of likely N-dealkylation sites (tertiary alicyclic amines) is 1. The molecule has 1 fully saturated rings. The van der Waals surface area contributed by atoms with Crippen LogP contribution in [0.15, 0.2) is 71.6 Å². The van der Waals surface area contributed by atoms with Crippen LogP contribution in [0.3, 0.4) is 0 Å². The first kappa shape index (κ1) is 15.5. The van der Waals surface area contributed by atoms with E-state index in [1.807, 2.05) is 18.2 Å². The highest BCUT2D eigenvalue weighted by Gasteiger charge is 2.25. The predicted octanol–water partition coefficient (Wildman–Crippen LogP) is 2.67. The minimum Gasteiger partial charge on any atom is -0.331 e. The SMILES string of the molecule is C=C1CN(C(=O)c2ccc(S(=O)(=O)Cc3ccccc3)cc2)C1. The van der Waals surface area contributed by atoms with Crippen LogP contribution in [-0.2, 0) is 15.6 Å². The van der Waals surface area contributed by atoms with Gasteiger partial charge in [-0.25, -0.2) is 8.42 Å². The molecule has 0 aromatic heterocycles. The Balaban J connectivity index is 1.76. The van der Waals surface area contributed by atoms with E-state index in [4.69, 9.17) is 0 Å². The van der Waals surface area contributed by atoms with Crippen molar-refractivity contribution in [2.75, 3.05) is 13.1 Å². The van der Waals surface area contributed by atoms with E-state index in [1.54, 1.807) is 29.2 Å². The maximum absolute atomic E-state index is 12.4. The second-order valence-corrected chi connectivity index (χ2v) is 7.67. The van der Waals surface area contributed by atoms with E-state index in [1.165, 1.54) is 12.1 Å². The first-order chi connectivity index (χ1) is 11.0. The van der Waals surface area contributed by atoms with Crippen molar-refractivity contribution < 1.29 is 13.2 Å². The Morgan fingerprint density at radius 3 is 2.17 bits per heavy atom. The molecule has 2 aromatic carbocycles. The largest absolute Gasteiger partial charge is 0.331 e. The third-order valence-corrected chi connectivity index (χ3v) is 5.48. The van der Waals surface area contributed by atoms with E-state index in [9.17, 15) is 13.2 Å². The first-order valence-electron chi connectivity index (χ1n) is 7.28. The average molecular weight is 327 g/mol. The van der Waals surface area contributed by atoms with Crippen LogP contribution in [0.4, 0.5) is 0 Å². The van der Waals surface area contributed by atoms with Gasteiger partial charge in [-0.2, -0.15) is 0 Å². The summed E-state index contributed by atoms with van der Waals surface area (Å²) < 4.78 is 24.8. The summed E-state index contributed by atoms with van der Waals surface area (Å²) in [7, 11) is -3.42. The Kier molecular flexibility index (Phi) is 4.05. The summed E-state index contributed by atoms with van der Waals surface area (Å²) in [5, 5.41) is 0. The molecule has 1 aliphatic rings. The summed E-state index contributed by atoms with van der Waals surface area (Å²) in [6.07, 6.45) is 0. The molecular formula is C18H17NO3S. The molecule has 23 heavy (non-hydrogen) atoms. The molecule has 0 spiro atoms. The van der Waals surface area contributed by atoms with Gasteiger partial charge in [0.25, 0.3) is 5.91 Å². The summed E-state index contributed by atoms with van der Waals surface area (Å²) in [5.74, 6) is -0.142. The molecule has 1 heterocycles. The summed E-state index contributed by atoms with van der Waals surface area (Å²) in [4.78, 5) is 14.1. The summed E-state index contributed by atoms with van der Waals surface area (Å²) in [6.45, 7) is 4.95. The van der Waals surface area contributed by atoms with Crippen molar-refractivity contribution >= 4 is 15.7 Å². The monoisotopic (exact) mass is 327 g/mol. The molecule has 0 N–H and O–H groups in total. The lowest BCUT2D eigenvalue weighted by Crippen LogP contribution is -2.43. The van der Waals surface area contributed by atoms with Crippen LogP contribution in [0.1, 0.15) is 15.9 Å². The zero-order chi connectivity index (χ0) is 16.4. The Bertz CT molecular complexity index is 832. The van der Waals surface area contributed by atoms with Crippen LogP contribution < -0.4 is 0 Å². The molecule has 0 bridgehead atoms. The minimum atomic E-state index is -3.42. The maximum Gasteiger partial charge on any atom is 0.254 e. The molecule has 3 rings (SSSR count). The number of rotatable bonds is 4. The van der Waals surface area contributed by atoms with E-state index in [-0.39, 0.29) is 16.6 Å². The highest BCUT2D eigenvalue weighted by atomic mass is 32.2. The van der Waals surface area contributed by atoms with Crippen LogP contribution in [-0.4, -0.2) is 32.3 Å². The Hall–Kier alpha value is -2.40. The molecule has 2 aromatic rings. The van der Waals surface area contributed by atoms with Crippen molar-refractivity contribution in [3.63, 3.8) is 0 Å². The minimum absolute atomic E-state index is 0.0485. The van der Waals surface area contributed by atoms with Gasteiger partial charge >= 0.3 is 0 Å². The molecule has 1 aliphatic heterocycles. The molecule has 0 saturated carbocycles. The third kappa shape index (κ3) is 3.35. The van der Waals surface area contributed by atoms with E-state index in [0.717, 1.165) is 11.1 Å². The fraction of sp³-hybridized carbons (Fsp3) is 0.167. The molecule has 0 radical (unpaired) electrons. The van der Waals surface area contributed by atoms with Gasteiger partial charge in [0.1, 0.15) is 0 Å². The number of benzene rings is 2. The lowest BCUT2D eigenvalue weighted by molar-refractivity contribution is 0.0728. The predicted molar refractivity (Wildman–Crippen MR) is 88.8 cm³/mol. The molecule has 5 heteroatoms. The van der Waals surface area contributed by atoms with Crippen LogP contribution in [0.2, 0.25) is 0 Å². The fourth-order valence-electron chi connectivity index (χ4n) is 2.50. The van der Waals surface area contributed by atoms with Crippen LogP contribution >= 0.6 is 0 Å². The van der Waals surface area contributed by atoms with Gasteiger partial charge in [0.2, 0.25) is 0 Å². The maximum atomic E-state index is 12.4. The zero-order valence-electron chi connectivity index (χ0n) is 12.6. The number of carbonyl (C=O) groups is 1. The zero-order valence-corrected chi connectivity index (χ0v) is 13.4. The molecule has 1 amide bonds. The van der Waals surface area contributed by atoms with Crippen LogP contribution in [0.25, 0.3) is 0 Å². The Morgan fingerprint density at radius 1 is 1.00 bits per heavy atom. The van der Waals surface area contributed by atoms with Crippen molar-refractivity contribution in [3.8, 4) is 0 Å². The first-order valence-corrected chi connectivity index (χ1v) is 8.93. The summed E-state index contributed by atoms with van der Waals surface area (Å²) >= 11 is 0. The number of hydrogen-bond acceptors (Lipinski definition) is 3. The van der Waals surface area contributed by atoms with Gasteiger partial charge in [0, 0.05) is 18.7 Å². The number of hydrogen-bond donors (Lipinski definition) is 0. The fourth-order valence-corrected chi connectivity index (χ4v) is 3.85. The number of amides is 1. The van der Waals surface area contributed by atoms with Gasteiger partial charge in [-0.15, -0.1) is 0 Å². The van der Waals surface area contributed by atoms with Gasteiger partial charge in [0.15, 0.2) is 9.84 Å². The van der Waals surface area contributed by atoms with E-state index in [0.29, 0.717) is 18.7 Å².